The SMILES string of the molecule is C[C@H]1CN(C2COC2)CCN1c1ccc(C(C)(C)C)cc1. The number of anilines is 1. The van der Waals surface area contributed by atoms with Gasteiger partial charge in [-0.1, -0.05) is 32.9 Å². The lowest BCUT2D eigenvalue weighted by Gasteiger charge is -2.46. The van der Waals surface area contributed by atoms with Crippen molar-refractivity contribution < 1.29 is 4.74 Å². The number of benzene rings is 1. The zero-order valence-corrected chi connectivity index (χ0v) is 13.8. The summed E-state index contributed by atoms with van der Waals surface area (Å²) < 4.78 is 5.32. The van der Waals surface area contributed by atoms with E-state index in [1.807, 2.05) is 0 Å². The van der Waals surface area contributed by atoms with Crippen LogP contribution >= 0.6 is 0 Å². The van der Waals surface area contributed by atoms with Gasteiger partial charge in [0.15, 0.2) is 0 Å². The molecule has 0 bridgehead atoms. The van der Waals surface area contributed by atoms with Crippen LogP contribution in [0.3, 0.4) is 0 Å². The Morgan fingerprint density at radius 1 is 1.05 bits per heavy atom. The van der Waals surface area contributed by atoms with Gasteiger partial charge in [-0.2, -0.15) is 0 Å². The Hall–Kier alpha value is -1.06. The molecule has 0 unspecified atom stereocenters. The Balaban J connectivity index is 1.67. The number of rotatable bonds is 2. The molecule has 1 aromatic carbocycles. The van der Waals surface area contributed by atoms with E-state index < -0.39 is 0 Å². The van der Waals surface area contributed by atoms with Crippen LogP contribution in [0.1, 0.15) is 33.3 Å². The van der Waals surface area contributed by atoms with Crippen LogP contribution in [0, 0.1) is 0 Å². The molecule has 0 amide bonds. The van der Waals surface area contributed by atoms with E-state index in [4.69, 9.17) is 4.74 Å². The molecule has 2 aliphatic rings. The zero-order chi connectivity index (χ0) is 15.0. The molecular formula is C18H28N2O. The summed E-state index contributed by atoms with van der Waals surface area (Å²) in [5.74, 6) is 0. The second-order valence-corrected chi connectivity index (χ2v) is 7.53. The standard InChI is InChI=1S/C18H28N2O/c1-14-11-19(17-12-21-13-17)9-10-20(14)16-7-5-15(6-8-16)18(2,3)4/h5-8,14,17H,9-13H2,1-4H3/t14-/m0/s1. The number of nitrogens with zero attached hydrogens (tertiary/aromatic N) is 2. The summed E-state index contributed by atoms with van der Waals surface area (Å²) in [5.41, 5.74) is 3.00. The largest absolute Gasteiger partial charge is 0.378 e. The molecule has 2 saturated heterocycles. The maximum Gasteiger partial charge on any atom is 0.0645 e. The first kappa shape index (κ1) is 14.9. The lowest BCUT2D eigenvalue weighted by atomic mass is 9.87. The maximum atomic E-state index is 5.32. The van der Waals surface area contributed by atoms with E-state index >= 15 is 0 Å². The molecule has 0 aliphatic carbocycles. The molecule has 0 spiro atoms. The van der Waals surface area contributed by atoms with E-state index in [0.717, 1.165) is 32.8 Å². The van der Waals surface area contributed by atoms with Gasteiger partial charge >= 0.3 is 0 Å². The van der Waals surface area contributed by atoms with E-state index in [2.05, 4.69) is 61.8 Å². The molecule has 3 rings (SSSR count). The molecule has 0 radical (unpaired) electrons. The average Bonchev–Trinajstić information content (AvgIpc) is 2.36. The Morgan fingerprint density at radius 2 is 1.71 bits per heavy atom. The topological polar surface area (TPSA) is 15.7 Å². The van der Waals surface area contributed by atoms with E-state index in [1.165, 1.54) is 11.3 Å². The molecule has 1 atom stereocenters. The third-order valence-electron chi connectivity index (χ3n) is 4.86. The van der Waals surface area contributed by atoms with Crippen molar-refractivity contribution in [2.24, 2.45) is 0 Å². The van der Waals surface area contributed by atoms with Crippen LogP contribution in [0.4, 0.5) is 5.69 Å². The summed E-state index contributed by atoms with van der Waals surface area (Å²) in [7, 11) is 0. The maximum absolute atomic E-state index is 5.32. The van der Waals surface area contributed by atoms with Gasteiger partial charge < -0.3 is 9.64 Å². The van der Waals surface area contributed by atoms with Crippen molar-refractivity contribution in [3.05, 3.63) is 29.8 Å². The fraction of sp³-hybridized carbons (Fsp3) is 0.667. The van der Waals surface area contributed by atoms with E-state index in [0.29, 0.717) is 12.1 Å². The molecule has 0 aromatic heterocycles. The van der Waals surface area contributed by atoms with Crippen LogP contribution in [0.5, 0.6) is 0 Å². The van der Waals surface area contributed by atoms with Crippen molar-refractivity contribution in [1.82, 2.24) is 4.90 Å². The van der Waals surface area contributed by atoms with Crippen LogP contribution in [0.25, 0.3) is 0 Å². The minimum absolute atomic E-state index is 0.229. The van der Waals surface area contributed by atoms with Gasteiger partial charge in [-0.05, 0) is 30.0 Å². The van der Waals surface area contributed by atoms with Crippen LogP contribution < -0.4 is 4.90 Å². The van der Waals surface area contributed by atoms with Crippen molar-refractivity contribution in [2.45, 2.75) is 45.2 Å². The molecule has 0 saturated carbocycles. The highest BCUT2D eigenvalue weighted by molar-refractivity contribution is 5.50. The Morgan fingerprint density at radius 3 is 2.19 bits per heavy atom. The lowest BCUT2D eigenvalue weighted by Crippen LogP contribution is -2.59. The molecule has 2 fully saturated rings. The van der Waals surface area contributed by atoms with Crippen molar-refractivity contribution in [3.63, 3.8) is 0 Å². The molecule has 21 heavy (non-hydrogen) atoms. The molecular weight excluding hydrogens is 260 g/mol. The summed E-state index contributed by atoms with van der Waals surface area (Å²) in [5, 5.41) is 0. The summed E-state index contributed by atoms with van der Waals surface area (Å²) in [6.07, 6.45) is 0. The van der Waals surface area contributed by atoms with Crippen LogP contribution in [0.2, 0.25) is 0 Å². The normalized spacial score (nSPS) is 25.0. The van der Waals surface area contributed by atoms with Gasteiger partial charge in [0.2, 0.25) is 0 Å². The molecule has 116 valence electrons. The number of hydrogen-bond donors (Lipinski definition) is 0. The average molecular weight is 288 g/mol. The van der Waals surface area contributed by atoms with Gasteiger partial charge in [-0.15, -0.1) is 0 Å². The fourth-order valence-corrected chi connectivity index (χ4v) is 3.29. The Bertz CT molecular complexity index is 473. The molecule has 2 heterocycles. The molecule has 3 nitrogen and oxygen atoms in total. The summed E-state index contributed by atoms with van der Waals surface area (Å²) in [6, 6.07) is 10.4. The predicted molar refractivity (Wildman–Crippen MR) is 88.1 cm³/mol. The van der Waals surface area contributed by atoms with Gasteiger partial charge in [-0.25, -0.2) is 0 Å². The van der Waals surface area contributed by atoms with Crippen molar-refractivity contribution in [3.8, 4) is 0 Å². The van der Waals surface area contributed by atoms with Crippen molar-refractivity contribution >= 4 is 5.69 Å². The van der Waals surface area contributed by atoms with Gasteiger partial charge in [0.1, 0.15) is 0 Å². The minimum atomic E-state index is 0.229. The van der Waals surface area contributed by atoms with Crippen LogP contribution in [0.15, 0.2) is 24.3 Å². The first-order valence-electron chi connectivity index (χ1n) is 8.14. The van der Waals surface area contributed by atoms with Crippen LogP contribution in [-0.2, 0) is 10.2 Å². The first-order chi connectivity index (χ1) is 9.95. The highest BCUT2D eigenvalue weighted by Gasteiger charge is 2.32. The third-order valence-corrected chi connectivity index (χ3v) is 4.86. The monoisotopic (exact) mass is 288 g/mol. The highest BCUT2D eigenvalue weighted by Crippen LogP contribution is 2.27. The Kier molecular flexibility index (Phi) is 3.98. The predicted octanol–water partition coefficient (Wildman–Crippen LogP) is 2.89. The fourth-order valence-electron chi connectivity index (χ4n) is 3.29. The lowest BCUT2D eigenvalue weighted by molar-refractivity contribution is -0.0691. The molecule has 3 heteroatoms. The second-order valence-electron chi connectivity index (χ2n) is 7.53. The highest BCUT2D eigenvalue weighted by atomic mass is 16.5. The number of hydrogen-bond acceptors (Lipinski definition) is 3. The van der Waals surface area contributed by atoms with Crippen LogP contribution in [-0.4, -0.2) is 49.8 Å². The quantitative estimate of drug-likeness (QED) is 0.832. The van der Waals surface area contributed by atoms with Gasteiger partial charge in [0, 0.05) is 31.4 Å². The van der Waals surface area contributed by atoms with E-state index in [-0.39, 0.29) is 5.41 Å². The molecule has 2 aliphatic heterocycles. The summed E-state index contributed by atoms with van der Waals surface area (Å²) in [4.78, 5) is 5.14. The summed E-state index contributed by atoms with van der Waals surface area (Å²) in [6.45, 7) is 14.4. The number of ether oxygens (including phenoxy) is 1. The van der Waals surface area contributed by atoms with Gasteiger partial charge in [0.05, 0.1) is 19.3 Å². The zero-order valence-electron chi connectivity index (χ0n) is 13.8. The number of piperazine rings is 1. The second kappa shape index (κ2) is 5.62. The smallest absolute Gasteiger partial charge is 0.0645 e. The summed E-state index contributed by atoms with van der Waals surface area (Å²) >= 11 is 0. The van der Waals surface area contributed by atoms with Crippen molar-refractivity contribution in [1.29, 1.82) is 0 Å². The Labute approximate surface area is 128 Å². The third kappa shape index (κ3) is 3.09. The molecule has 1 aromatic rings. The van der Waals surface area contributed by atoms with Gasteiger partial charge in [0.25, 0.3) is 0 Å². The van der Waals surface area contributed by atoms with E-state index in [1.54, 1.807) is 0 Å². The first-order valence-corrected chi connectivity index (χ1v) is 8.14. The van der Waals surface area contributed by atoms with E-state index in [9.17, 15) is 0 Å². The minimum Gasteiger partial charge on any atom is -0.378 e. The molecule has 0 N–H and O–H groups in total. The van der Waals surface area contributed by atoms with Gasteiger partial charge in [-0.3, -0.25) is 4.90 Å². The van der Waals surface area contributed by atoms with Crippen molar-refractivity contribution in [2.75, 3.05) is 37.7 Å².